The molecule has 0 saturated heterocycles. The first-order valence-corrected chi connectivity index (χ1v) is 9.71. The minimum atomic E-state index is -0.473. The first kappa shape index (κ1) is 21.3. The van der Waals surface area contributed by atoms with Crippen molar-refractivity contribution < 1.29 is 14.8 Å². The number of hydrogen-bond donors (Lipinski definition) is 0. The molecule has 0 N–H and O–H groups in total. The lowest BCUT2D eigenvalue weighted by Gasteiger charge is -2.11. The molecule has 0 radical (unpaired) electrons. The first-order valence-electron chi connectivity index (χ1n) is 9.71. The van der Waals surface area contributed by atoms with Gasteiger partial charge in [0.2, 0.25) is 0 Å². The van der Waals surface area contributed by atoms with Crippen LogP contribution < -0.4 is 0 Å². The van der Waals surface area contributed by atoms with Crippen LogP contribution in [0, 0.1) is 30.3 Å². The number of benzene rings is 4. The molecule has 0 bridgehead atoms. The quantitative estimate of drug-likeness (QED) is 0.251. The lowest BCUT2D eigenvalue weighted by molar-refractivity contribution is -0.385. The fourth-order valence-corrected chi connectivity index (χ4v) is 3.45. The number of nitrogens with zero attached hydrogens (tertiary/aromatic N) is 3. The molecule has 0 saturated carbocycles. The fourth-order valence-electron chi connectivity index (χ4n) is 3.45. The topological polar surface area (TPSA) is 129 Å². The van der Waals surface area contributed by atoms with Crippen LogP contribution in [0.4, 0.5) is 17.1 Å². The van der Waals surface area contributed by atoms with Crippen molar-refractivity contribution in [1.29, 1.82) is 0 Å². The van der Waals surface area contributed by atoms with Gasteiger partial charge in [0.05, 0.1) is 14.8 Å². The number of nitro benzene ring substituents is 3. The summed E-state index contributed by atoms with van der Waals surface area (Å²) in [6, 6.07) is 24.0. The van der Waals surface area contributed by atoms with Gasteiger partial charge in [0.15, 0.2) is 0 Å². The highest BCUT2D eigenvalue weighted by Gasteiger charge is 2.12. The Kier molecular flexibility index (Phi) is 5.60. The van der Waals surface area contributed by atoms with Crippen LogP contribution in [0.2, 0.25) is 0 Å². The van der Waals surface area contributed by atoms with Gasteiger partial charge in [-0.15, -0.1) is 0 Å². The largest absolute Gasteiger partial charge is 0.269 e. The number of rotatable bonds is 6. The van der Waals surface area contributed by atoms with Gasteiger partial charge in [-0.25, -0.2) is 0 Å². The molecule has 0 aromatic heterocycles. The molecule has 0 heterocycles. The van der Waals surface area contributed by atoms with E-state index in [9.17, 15) is 30.3 Å². The Morgan fingerprint density at radius 3 is 0.758 bits per heavy atom. The zero-order valence-corrected chi connectivity index (χ0v) is 17.0. The van der Waals surface area contributed by atoms with Gasteiger partial charge in [-0.1, -0.05) is 0 Å². The van der Waals surface area contributed by atoms with Crippen molar-refractivity contribution in [3.63, 3.8) is 0 Å². The van der Waals surface area contributed by atoms with Crippen molar-refractivity contribution in [2.45, 2.75) is 0 Å². The molecule has 0 spiro atoms. The number of nitro groups is 3. The smallest absolute Gasteiger partial charge is 0.258 e. The van der Waals surface area contributed by atoms with Crippen LogP contribution >= 0.6 is 0 Å². The second-order valence-electron chi connectivity index (χ2n) is 7.21. The van der Waals surface area contributed by atoms with Gasteiger partial charge in [-0.2, -0.15) is 0 Å². The van der Waals surface area contributed by atoms with Crippen LogP contribution in [0.25, 0.3) is 33.4 Å². The van der Waals surface area contributed by atoms with Gasteiger partial charge in [-0.3, -0.25) is 30.3 Å². The SMILES string of the molecule is O=[N+]([O-])c1ccc(-c2cc(-c3ccc([N+](=O)[O-])cc3)cc(-c3ccc([N+](=O)[O-])cc3)c2)cc1. The van der Waals surface area contributed by atoms with E-state index in [4.69, 9.17) is 0 Å². The second-order valence-corrected chi connectivity index (χ2v) is 7.21. The predicted octanol–water partition coefficient (Wildman–Crippen LogP) is 6.41. The third kappa shape index (κ3) is 4.57. The summed E-state index contributed by atoms with van der Waals surface area (Å²) in [5.41, 5.74) is 4.47. The van der Waals surface area contributed by atoms with Crippen LogP contribution in [0.1, 0.15) is 0 Å². The summed E-state index contributed by atoms with van der Waals surface area (Å²) in [5, 5.41) is 33.0. The zero-order valence-electron chi connectivity index (χ0n) is 17.0. The first-order chi connectivity index (χ1) is 15.8. The van der Waals surface area contributed by atoms with Crippen LogP contribution in [0.5, 0.6) is 0 Å². The highest BCUT2D eigenvalue weighted by atomic mass is 16.6. The molecule has 9 nitrogen and oxygen atoms in total. The Hall–Kier alpha value is -4.92. The molecule has 4 rings (SSSR count). The average Bonchev–Trinajstić information content (AvgIpc) is 2.84. The standard InChI is InChI=1S/C24H15N3O6/c28-25(29)22-7-1-16(2-8-22)19-13-20(17-3-9-23(10-4-17)26(30)31)15-21(14-19)18-5-11-24(12-6-18)27(32)33/h1-15H. The Balaban J connectivity index is 1.84. The molecule has 0 fully saturated rings. The van der Waals surface area contributed by atoms with Crippen molar-refractivity contribution in [3.05, 3.63) is 121 Å². The van der Waals surface area contributed by atoms with Gasteiger partial charge in [-0.05, 0) is 88.0 Å². The van der Waals surface area contributed by atoms with E-state index in [0.29, 0.717) is 0 Å². The maximum atomic E-state index is 11.0. The maximum Gasteiger partial charge on any atom is 0.269 e. The summed E-state index contributed by atoms with van der Waals surface area (Å²) in [6.45, 7) is 0. The summed E-state index contributed by atoms with van der Waals surface area (Å²) in [7, 11) is 0. The zero-order chi connectivity index (χ0) is 23.5. The van der Waals surface area contributed by atoms with E-state index < -0.39 is 14.8 Å². The molecular weight excluding hydrogens is 426 g/mol. The molecule has 33 heavy (non-hydrogen) atoms. The van der Waals surface area contributed by atoms with Gasteiger partial charge in [0.25, 0.3) is 17.1 Å². The van der Waals surface area contributed by atoms with E-state index in [1.165, 1.54) is 36.4 Å². The molecule has 0 atom stereocenters. The molecule has 4 aromatic carbocycles. The average molecular weight is 441 g/mol. The van der Waals surface area contributed by atoms with Gasteiger partial charge in [0, 0.05) is 36.4 Å². The molecule has 9 heteroatoms. The Bertz CT molecular complexity index is 1180. The van der Waals surface area contributed by atoms with Crippen LogP contribution in [0.15, 0.2) is 91.0 Å². The summed E-state index contributed by atoms with van der Waals surface area (Å²) >= 11 is 0. The lowest BCUT2D eigenvalue weighted by Crippen LogP contribution is -1.90. The fraction of sp³-hybridized carbons (Fsp3) is 0. The summed E-state index contributed by atoms with van der Waals surface area (Å²) in [6.07, 6.45) is 0. The molecule has 0 unspecified atom stereocenters. The Morgan fingerprint density at radius 1 is 0.364 bits per heavy atom. The summed E-state index contributed by atoms with van der Waals surface area (Å²) < 4.78 is 0. The predicted molar refractivity (Wildman–Crippen MR) is 123 cm³/mol. The molecule has 4 aromatic rings. The lowest BCUT2D eigenvalue weighted by atomic mass is 9.93. The molecule has 0 amide bonds. The second kappa shape index (κ2) is 8.67. The van der Waals surface area contributed by atoms with Gasteiger partial charge < -0.3 is 0 Å². The number of non-ortho nitro benzene ring substituents is 3. The Labute approximate surface area is 187 Å². The summed E-state index contributed by atoms with van der Waals surface area (Å²) in [4.78, 5) is 31.5. The monoisotopic (exact) mass is 441 g/mol. The van der Waals surface area contributed by atoms with Crippen LogP contribution in [-0.2, 0) is 0 Å². The molecular formula is C24H15N3O6. The highest BCUT2D eigenvalue weighted by molar-refractivity contribution is 5.81. The number of hydrogen-bond acceptors (Lipinski definition) is 6. The molecule has 0 aliphatic heterocycles. The van der Waals surface area contributed by atoms with E-state index in [0.717, 1.165) is 33.4 Å². The van der Waals surface area contributed by atoms with E-state index in [1.807, 2.05) is 18.2 Å². The third-order valence-electron chi connectivity index (χ3n) is 5.17. The molecule has 0 aliphatic rings. The highest BCUT2D eigenvalue weighted by Crippen LogP contribution is 2.34. The van der Waals surface area contributed by atoms with Crippen LogP contribution in [-0.4, -0.2) is 14.8 Å². The van der Waals surface area contributed by atoms with E-state index in [1.54, 1.807) is 36.4 Å². The minimum Gasteiger partial charge on any atom is -0.258 e. The van der Waals surface area contributed by atoms with Gasteiger partial charge in [0.1, 0.15) is 0 Å². The van der Waals surface area contributed by atoms with Crippen molar-refractivity contribution in [3.8, 4) is 33.4 Å². The van der Waals surface area contributed by atoms with Gasteiger partial charge >= 0.3 is 0 Å². The van der Waals surface area contributed by atoms with E-state index in [2.05, 4.69) is 0 Å². The van der Waals surface area contributed by atoms with E-state index in [-0.39, 0.29) is 17.1 Å². The molecule has 0 aliphatic carbocycles. The summed E-state index contributed by atoms with van der Waals surface area (Å²) in [5.74, 6) is 0. The normalized spacial score (nSPS) is 10.5. The third-order valence-corrected chi connectivity index (χ3v) is 5.17. The van der Waals surface area contributed by atoms with E-state index >= 15 is 0 Å². The van der Waals surface area contributed by atoms with Crippen molar-refractivity contribution in [1.82, 2.24) is 0 Å². The van der Waals surface area contributed by atoms with Crippen molar-refractivity contribution in [2.24, 2.45) is 0 Å². The van der Waals surface area contributed by atoms with Crippen LogP contribution in [0.3, 0.4) is 0 Å². The minimum absolute atomic E-state index is 0.0270. The van der Waals surface area contributed by atoms with Crippen molar-refractivity contribution >= 4 is 17.1 Å². The Morgan fingerprint density at radius 2 is 0.576 bits per heavy atom. The maximum absolute atomic E-state index is 11.0. The van der Waals surface area contributed by atoms with Crippen molar-refractivity contribution in [2.75, 3.05) is 0 Å². The molecule has 162 valence electrons.